The van der Waals surface area contributed by atoms with E-state index in [0.29, 0.717) is 12.5 Å². The highest BCUT2D eigenvalue weighted by Crippen LogP contribution is 2.30. The summed E-state index contributed by atoms with van der Waals surface area (Å²) in [5.74, 6) is 0. The zero-order chi connectivity index (χ0) is 14.9. The SMILES string of the molecule is CC(c1c(-c2ccccc2)no[n+]1[O-])([N+](=O)[O-])[N+](=O)[O-]. The van der Waals surface area contributed by atoms with Gasteiger partial charge in [0.1, 0.15) is 9.85 Å². The van der Waals surface area contributed by atoms with Crippen LogP contribution in [0.4, 0.5) is 0 Å². The molecule has 0 amide bonds. The molecule has 0 unspecified atom stereocenters. The van der Waals surface area contributed by atoms with Crippen molar-refractivity contribution in [3.63, 3.8) is 0 Å². The summed E-state index contributed by atoms with van der Waals surface area (Å²) in [6.07, 6.45) is 0. The summed E-state index contributed by atoms with van der Waals surface area (Å²) in [5.41, 5.74) is -3.57. The second kappa shape index (κ2) is 4.57. The molecule has 104 valence electrons. The smallest absolute Gasteiger partial charge is 0.359 e. The fourth-order valence-corrected chi connectivity index (χ4v) is 1.67. The van der Waals surface area contributed by atoms with Crippen molar-refractivity contribution in [3.8, 4) is 11.3 Å². The van der Waals surface area contributed by atoms with Crippen LogP contribution in [0.3, 0.4) is 0 Å². The van der Waals surface area contributed by atoms with Gasteiger partial charge in [-0.05, 0) is 4.90 Å². The summed E-state index contributed by atoms with van der Waals surface area (Å²) in [6.45, 7) is 0.709. The molecule has 1 aromatic heterocycles. The first-order valence-electron chi connectivity index (χ1n) is 5.33. The molecule has 0 radical (unpaired) electrons. The topological polar surface area (TPSA) is 139 Å². The van der Waals surface area contributed by atoms with E-state index in [0.717, 1.165) is 0 Å². The Labute approximate surface area is 111 Å². The van der Waals surface area contributed by atoms with E-state index in [1.807, 2.05) is 0 Å². The van der Waals surface area contributed by atoms with Crippen LogP contribution in [0.2, 0.25) is 0 Å². The quantitative estimate of drug-likeness (QED) is 0.347. The van der Waals surface area contributed by atoms with Gasteiger partial charge >= 0.3 is 11.4 Å². The van der Waals surface area contributed by atoms with Gasteiger partial charge in [-0.25, -0.2) is 0 Å². The van der Waals surface area contributed by atoms with Crippen LogP contribution in [0.25, 0.3) is 11.3 Å². The number of benzene rings is 1. The fourth-order valence-electron chi connectivity index (χ4n) is 1.67. The van der Waals surface area contributed by atoms with Crippen molar-refractivity contribution in [2.45, 2.75) is 12.6 Å². The van der Waals surface area contributed by atoms with Crippen molar-refractivity contribution in [2.75, 3.05) is 0 Å². The molecule has 0 aliphatic carbocycles. The molecule has 0 fully saturated rings. The number of hydrogen-bond acceptors (Lipinski definition) is 7. The Morgan fingerprint density at radius 3 is 2.25 bits per heavy atom. The van der Waals surface area contributed by atoms with Gasteiger partial charge in [0.15, 0.2) is 0 Å². The summed E-state index contributed by atoms with van der Waals surface area (Å²) >= 11 is 0. The third-order valence-electron chi connectivity index (χ3n) is 2.82. The Morgan fingerprint density at radius 2 is 1.75 bits per heavy atom. The largest absolute Gasteiger partial charge is 0.524 e. The molecular formula is C10H8N4O6. The molecule has 0 saturated heterocycles. The Kier molecular flexibility index (Phi) is 3.06. The molecule has 0 spiro atoms. The maximum atomic E-state index is 11.5. The fraction of sp³-hybridized carbons (Fsp3) is 0.200. The van der Waals surface area contributed by atoms with Gasteiger partial charge in [-0.2, -0.15) is 0 Å². The second-order valence-corrected chi connectivity index (χ2v) is 4.03. The van der Waals surface area contributed by atoms with E-state index in [1.54, 1.807) is 18.2 Å². The molecule has 2 aromatic rings. The van der Waals surface area contributed by atoms with E-state index in [2.05, 4.69) is 9.79 Å². The second-order valence-electron chi connectivity index (χ2n) is 4.03. The van der Waals surface area contributed by atoms with Crippen LogP contribution >= 0.6 is 0 Å². The van der Waals surface area contributed by atoms with Crippen LogP contribution in [-0.2, 0) is 5.66 Å². The first-order chi connectivity index (χ1) is 9.39. The van der Waals surface area contributed by atoms with Crippen LogP contribution in [0.5, 0.6) is 0 Å². The van der Waals surface area contributed by atoms with Crippen LogP contribution in [0.1, 0.15) is 12.6 Å². The van der Waals surface area contributed by atoms with Crippen LogP contribution in [0, 0.1) is 25.4 Å². The predicted molar refractivity (Wildman–Crippen MR) is 62.2 cm³/mol. The van der Waals surface area contributed by atoms with Gasteiger partial charge in [0.2, 0.25) is 0 Å². The van der Waals surface area contributed by atoms with Crippen LogP contribution in [-0.4, -0.2) is 15.0 Å². The average Bonchev–Trinajstić information content (AvgIpc) is 2.80. The number of rotatable bonds is 4. The molecule has 0 atom stereocenters. The molecule has 0 aliphatic rings. The van der Waals surface area contributed by atoms with Gasteiger partial charge in [0.25, 0.3) is 5.69 Å². The van der Waals surface area contributed by atoms with Crippen LogP contribution < -0.4 is 4.90 Å². The van der Waals surface area contributed by atoms with Gasteiger partial charge < -0.3 is 5.21 Å². The lowest BCUT2D eigenvalue weighted by molar-refractivity contribution is -0.873. The van der Waals surface area contributed by atoms with E-state index < -0.39 is 21.2 Å². The highest BCUT2D eigenvalue weighted by Gasteiger charge is 2.62. The van der Waals surface area contributed by atoms with Crippen LogP contribution in [0.15, 0.2) is 35.0 Å². The predicted octanol–water partition coefficient (Wildman–Crippen LogP) is 0.701. The minimum absolute atomic E-state index is 0.239. The van der Waals surface area contributed by atoms with Gasteiger partial charge in [-0.15, -0.1) is 0 Å². The molecule has 0 aliphatic heterocycles. The molecule has 10 heteroatoms. The minimum atomic E-state index is -2.85. The molecule has 20 heavy (non-hydrogen) atoms. The molecule has 1 aromatic carbocycles. The Bertz CT molecular complexity index is 654. The maximum Gasteiger partial charge on any atom is 0.524 e. The summed E-state index contributed by atoms with van der Waals surface area (Å²) in [6, 6.07) is 7.87. The van der Waals surface area contributed by atoms with E-state index >= 15 is 0 Å². The third-order valence-corrected chi connectivity index (χ3v) is 2.82. The summed E-state index contributed by atoms with van der Waals surface area (Å²) in [4.78, 5) is 19.4. The van der Waals surface area contributed by atoms with Crippen molar-refractivity contribution in [1.82, 2.24) is 5.16 Å². The van der Waals surface area contributed by atoms with Gasteiger partial charge in [-0.1, -0.05) is 30.3 Å². The Hall–Kier alpha value is -3.04. The maximum absolute atomic E-state index is 11.5. The lowest BCUT2D eigenvalue weighted by Crippen LogP contribution is -2.48. The van der Waals surface area contributed by atoms with E-state index in [9.17, 15) is 25.4 Å². The lowest BCUT2D eigenvalue weighted by atomic mass is 10.0. The first kappa shape index (κ1) is 13.4. The Balaban J connectivity index is 2.72. The summed E-state index contributed by atoms with van der Waals surface area (Å²) in [5, 5.41) is 37.0. The van der Waals surface area contributed by atoms with E-state index in [-0.39, 0.29) is 10.6 Å². The molecule has 0 N–H and O–H groups in total. The summed E-state index contributed by atoms with van der Waals surface area (Å²) < 4.78 is 4.30. The lowest BCUT2D eigenvalue weighted by Gasteiger charge is -2.09. The number of nitro groups is 2. The molecule has 1 heterocycles. The van der Waals surface area contributed by atoms with Gasteiger partial charge in [0.05, 0.1) is 6.92 Å². The highest BCUT2D eigenvalue weighted by atomic mass is 16.8. The van der Waals surface area contributed by atoms with Gasteiger partial charge in [-0.3, -0.25) is 24.9 Å². The van der Waals surface area contributed by atoms with Gasteiger partial charge in [0, 0.05) is 10.7 Å². The molecule has 0 bridgehead atoms. The third kappa shape index (κ3) is 1.83. The molecule has 0 saturated carbocycles. The number of hydrogen-bond donors (Lipinski definition) is 0. The first-order valence-corrected chi connectivity index (χ1v) is 5.33. The standard InChI is InChI=1S/C10H8N4O6/c1-10(13(16)17,14(18)19)9-8(11-20-12(9)15)7-5-3-2-4-6-7/h2-6H,1H3. The van der Waals surface area contributed by atoms with Crippen molar-refractivity contribution >= 4 is 0 Å². The monoisotopic (exact) mass is 280 g/mol. The highest BCUT2D eigenvalue weighted by molar-refractivity contribution is 5.60. The number of aromatic nitrogens is 2. The van der Waals surface area contributed by atoms with Crippen molar-refractivity contribution in [3.05, 3.63) is 61.5 Å². The normalized spacial score (nSPS) is 11.2. The number of nitrogens with zero attached hydrogens (tertiary/aromatic N) is 4. The average molecular weight is 280 g/mol. The summed E-state index contributed by atoms with van der Waals surface area (Å²) in [7, 11) is 0. The molecule has 2 rings (SSSR count). The van der Waals surface area contributed by atoms with E-state index in [4.69, 9.17) is 0 Å². The van der Waals surface area contributed by atoms with Crippen molar-refractivity contribution < 1.29 is 19.4 Å². The molecular weight excluding hydrogens is 272 g/mol. The minimum Gasteiger partial charge on any atom is -0.359 e. The van der Waals surface area contributed by atoms with Crippen molar-refractivity contribution in [1.29, 1.82) is 0 Å². The zero-order valence-corrected chi connectivity index (χ0v) is 10.1. The van der Waals surface area contributed by atoms with Crippen molar-refractivity contribution in [2.24, 2.45) is 0 Å². The molecule has 10 nitrogen and oxygen atoms in total. The Morgan fingerprint density at radius 1 is 1.20 bits per heavy atom. The zero-order valence-electron chi connectivity index (χ0n) is 10.1. The van der Waals surface area contributed by atoms with E-state index in [1.165, 1.54) is 12.1 Å².